The minimum absolute atomic E-state index is 0.0254. The molecule has 0 spiro atoms. The second-order valence-corrected chi connectivity index (χ2v) is 6.96. The fraction of sp³-hybridized carbons (Fsp3) is 0. The van der Waals surface area contributed by atoms with Gasteiger partial charge in [0, 0.05) is 11.1 Å². The largest absolute Gasteiger partial charge is 0.294 e. The van der Waals surface area contributed by atoms with Gasteiger partial charge in [-0.3, -0.25) is 19.5 Å². The molecule has 0 radical (unpaired) electrons. The maximum atomic E-state index is 13.5. The Balaban J connectivity index is 1.99. The van der Waals surface area contributed by atoms with Gasteiger partial charge in [-0.05, 0) is 48.0 Å². The van der Waals surface area contributed by atoms with Gasteiger partial charge in [0.25, 0.3) is 11.2 Å². The number of nitrogens with zero attached hydrogens (tertiary/aromatic N) is 3. The van der Waals surface area contributed by atoms with Gasteiger partial charge in [-0.25, -0.2) is 13.8 Å². The summed E-state index contributed by atoms with van der Waals surface area (Å²) in [6.45, 7) is 0. The molecule has 9 heteroatoms. The molecule has 1 aromatic heterocycles. The molecule has 1 heterocycles. The first-order chi connectivity index (χ1) is 14.8. The van der Waals surface area contributed by atoms with Crippen LogP contribution in [0.15, 0.2) is 65.5 Å². The van der Waals surface area contributed by atoms with Crippen molar-refractivity contribution in [3.05, 3.63) is 109 Å². The SMILES string of the molecule is O=c1c2ccccc2nc(/C=C\c2ccc(F)c(F)c2)n1-c1ccc(Cl)cc1[N+](=O)[O-]. The van der Waals surface area contributed by atoms with Crippen molar-refractivity contribution in [2.45, 2.75) is 0 Å². The number of rotatable bonds is 4. The third kappa shape index (κ3) is 3.93. The van der Waals surface area contributed by atoms with E-state index in [2.05, 4.69) is 4.98 Å². The maximum absolute atomic E-state index is 13.5. The van der Waals surface area contributed by atoms with Gasteiger partial charge >= 0.3 is 0 Å². The Kier molecular flexibility index (Phi) is 5.31. The molecule has 0 saturated heterocycles. The van der Waals surface area contributed by atoms with E-state index in [9.17, 15) is 23.7 Å². The van der Waals surface area contributed by atoms with Crippen LogP contribution in [0.1, 0.15) is 11.4 Å². The monoisotopic (exact) mass is 439 g/mol. The average molecular weight is 440 g/mol. The summed E-state index contributed by atoms with van der Waals surface area (Å²) in [4.78, 5) is 28.6. The van der Waals surface area contributed by atoms with Crippen molar-refractivity contribution in [2.24, 2.45) is 0 Å². The van der Waals surface area contributed by atoms with E-state index in [-0.39, 0.29) is 27.6 Å². The van der Waals surface area contributed by atoms with Crippen molar-refractivity contribution in [2.75, 3.05) is 0 Å². The van der Waals surface area contributed by atoms with Gasteiger partial charge in [0.2, 0.25) is 0 Å². The van der Waals surface area contributed by atoms with Gasteiger partial charge in [0.15, 0.2) is 11.6 Å². The zero-order chi connectivity index (χ0) is 22.1. The number of aromatic nitrogens is 2. The van der Waals surface area contributed by atoms with Crippen LogP contribution in [0.4, 0.5) is 14.5 Å². The topological polar surface area (TPSA) is 78.0 Å². The highest BCUT2D eigenvalue weighted by atomic mass is 35.5. The van der Waals surface area contributed by atoms with E-state index in [0.717, 1.165) is 22.8 Å². The molecule has 0 atom stereocenters. The molecule has 0 saturated carbocycles. The Labute approximate surface area is 178 Å². The molecular formula is C22H12ClF2N3O3. The number of hydrogen-bond donors (Lipinski definition) is 0. The lowest BCUT2D eigenvalue weighted by atomic mass is 10.2. The summed E-state index contributed by atoms with van der Waals surface area (Å²) in [5, 5.41) is 12.0. The van der Waals surface area contributed by atoms with Crippen LogP contribution < -0.4 is 5.56 Å². The van der Waals surface area contributed by atoms with Crippen molar-refractivity contribution >= 4 is 40.3 Å². The number of para-hydroxylation sites is 1. The minimum Gasteiger partial charge on any atom is -0.268 e. The number of fused-ring (bicyclic) bond motifs is 1. The Morgan fingerprint density at radius 3 is 2.52 bits per heavy atom. The smallest absolute Gasteiger partial charge is 0.268 e. The minimum atomic E-state index is -1.03. The summed E-state index contributed by atoms with van der Waals surface area (Å²) in [6.07, 6.45) is 2.83. The van der Waals surface area contributed by atoms with Gasteiger partial charge in [0.05, 0.1) is 15.8 Å². The highest BCUT2D eigenvalue weighted by Gasteiger charge is 2.20. The van der Waals surface area contributed by atoms with E-state index in [1.54, 1.807) is 24.3 Å². The van der Waals surface area contributed by atoms with E-state index in [1.165, 1.54) is 30.4 Å². The normalized spacial score (nSPS) is 11.3. The van der Waals surface area contributed by atoms with Crippen LogP contribution in [-0.2, 0) is 0 Å². The number of nitro groups is 1. The van der Waals surface area contributed by atoms with Crippen LogP contribution >= 0.6 is 11.6 Å². The lowest BCUT2D eigenvalue weighted by Gasteiger charge is -2.12. The standard InChI is InChI=1S/C22H12ClF2N3O3/c23-14-7-9-19(20(12-14)28(30)31)27-21(10-6-13-5-8-16(24)17(25)11-13)26-18-4-2-1-3-15(18)22(27)29/h1-12H/b10-6-. The van der Waals surface area contributed by atoms with Gasteiger partial charge in [-0.15, -0.1) is 0 Å². The van der Waals surface area contributed by atoms with Crippen LogP contribution in [0.25, 0.3) is 28.7 Å². The zero-order valence-electron chi connectivity index (χ0n) is 15.6. The zero-order valence-corrected chi connectivity index (χ0v) is 16.4. The highest BCUT2D eigenvalue weighted by molar-refractivity contribution is 6.30. The van der Waals surface area contributed by atoms with E-state index in [1.807, 2.05) is 0 Å². The molecule has 0 fully saturated rings. The van der Waals surface area contributed by atoms with Crippen LogP contribution in [-0.4, -0.2) is 14.5 Å². The third-order valence-electron chi connectivity index (χ3n) is 4.55. The molecule has 0 amide bonds. The second kappa shape index (κ2) is 8.08. The highest BCUT2D eigenvalue weighted by Crippen LogP contribution is 2.27. The Morgan fingerprint density at radius 2 is 1.77 bits per heavy atom. The Hall–Kier alpha value is -3.91. The predicted octanol–water partition coefficient (Wildman–Crippen LogP) is 5.40. The first kappa shape index (κ1) is 20.4. The van der Waals surface area contributed by atoms with Crippen LogP contribution in [0.5, 0.6) is 0 Å². The van der Waals surface area contributed by atoms with E-state index >= 15 is 0 Å². The lowest BCUT2D eigenvalue weighted by molar-refractivity contribution is -0.384. The molecule has 0 bridgehead atoms. The molecule has 4 rings (SSSR count). The van der Waals surface area contributed by atoms with E-state index in [4.69, 9.17) is 11.6 Å². The number of benzene rings is 3. The van der Waals surface area contributed by atoms with Crippen molar-refractivity contribution in [1.82, 2.24) is 9.55 Å². The van der Waals surface area contributed by atoms with Crippen molar-refractivity contribution in [3.8, 4) is 5.69 Å². The van der Waals surface area contributed by atoms with Gasteiger partial charge in [-0.1, -0.05) is 35.9 Å². The molecule has 154 valence electrons. The van der Waals surface area contributed by atoms with Crippen molar-refractivity contribution < 1.29 is 13.7 Å². The molecule has 3 aromatic carbocycles. The predicted molar refractivity (Wildman–Crippen MR) is 114 cm³/mol. The van der Waals surface area contributed by atoms with Crippen LogP contribution in [0, 0.1) is 21.7 Å². The molecule has 0 aliphatic carbocycles. The molecule has 4 aromatic rings. The molecule has 0 N–H and O–H groups in total. The van der Waals surface area contributed by atoms with Gasteiger partial charge in [0.1, 0.15) is 11.5 Å². The fourth-order valence-electron chi connectivity index (χ4n) is 3.11. The van der Waals surface area contributed by atoms with Crippen molar-refractivity contribution in [1.29, 1.82) is 0 Å². The fourth-order valence-corrected chi connectivity index (χ4v) is 3.28. The lowest BCUT2D eigenvalue weighted by Crippen LogP contribution is -2.23. The Morgan fingerprint density at radius 1 is 1.00 bits per heavy atom. The molecule has 0 unspecified atom stereocenters. The first-order valence-corrected chi connectivity index (χ1v) is 9.32. The number of halogens is 3. The summed E-state index contributed by atoms with van der Waals surface area (Å²) in [6, 6.07) is 13.8. The van der Waals surface area contributed by atoms with Gasteiger partial charge < -0.3 is 0 Å². The molecular weight excluding hydrogens is 428 g/mol. The van der Waals surface area contributed by atoms with E-state index in [0.29, 0.717) is 11.1 Å². The average Bonchev–Trinajstić information content (AvgIpc) is 2.75. The third-order valence-corrected chi connectivity index (χ3v) is 4.78. The van der Waals surface area contributed by atoms with Gasteiger partial charge in [-0.2, -0.15) is 0 Å². The molecule has 0 aliphatic rings. The van der Waals surface area contributed by atoms with Crippen LogP contribution in [0.3, 0.4) is 0 Å². The summed E-state index contributed by atoms with van der Waals surface area (Å²) >= 11 is 5.90. The summed E-state index contributed by atoms with van der Waals surface area (Å²) in [5.41, 5.74) is -0.235. The summed E-state index contributed by atoms with van der Waals surface area (Å²) in [5.74, 6) is -1.95. The van der Waals surface area contributed by atoms with Crippen LogP contribution in [0.2, 0.25) is 5.02 Å². The summed E-state index contributed by atoms with van der Waals surface area (Å²) < 4.78 is 27.8. The molecule has 31 heavy (non-hydrogen) atoms. The van der Waals surface area contributed by atoms with E-state index < -0.39 is 22.1 Å². The Bertz CT molecular complexity index is 1430. The summed E-state index contributed by atoms with van der Waals surface area (Å²) in [7, 11) is 0. The maximum Gasteiger partial charge on any atom is 0.294 e. The number of nitro benzene ring substituents is 1. The first-order valence-electron chi connectivity index (χ1n) is 8.94. The van der Waals surface area contributed by atoms with Crippen molar-refractivity contribution in [3.63, 3.8) is 0 Å². The number of hydrogen-bond acceptors (Lipinski definition) is 4. The second-order valence-electron chi connectivity index (χ2n) is 6.52. The quantitative estimate of drug-likeness (QED) is 0.315. The molecule has 6 nitrogen and oxygen atoms in total. The molecule has 0 aliphatic heterocycles.